The number of rotatable bonds is 12. The smallest absolute Gasteiger partial charge is 0.243 e. The number of benzene rings is 3. The van der Waals surface area contributed by atoms with Gasteiger partial charge in [-0.25, -0.2) is 0 Å². The molecule has 36 heavy (non-hydrogen) atoms. The zero-order valence-electron chi connectivity index (χ0n) is 21.2. The maximum absolute atomic E-state index is 13.7. The van der Waals surface area contributed by atoms with E-state index >= 15 is 0 Å². The summed E-state index contributed by atoms with van der Waals surface area (Å²) in [6, 6.07) is 24.0. The molecule has 5 nitrogen and oxygen atoms in total. The molecule has 0 saturated heterocycles. The molecule has 1 N–H and O–H groups in total. The third kappa shape index (κ3) is 8.42. The van der Waals surface area contributed by atoms with Gasteiger partial charge in [0.25, 0.3) is 0 Å². The molecule has 3 rings (SSSR count). The topological polar surface area (TPSA) is 58.6 Å². The lowest BCUT2D eigenvalue weighted by Gasteiger charge is -2.32. The second kappa shape index (κ2) is 13.7. The van der Waals surface area contributed by atoms with Crippen LogP contribution in [0, 0.1) is 5.92 Å². The first-order valence-electron chi connectivity index (χ1n) is 12.3. The highest BCUT2D eigenvalue weighted by molar-refractivity contribution is 6.30. The van der Waals surface area contributed by atoms with Gasteiger partial charge in [0.15, 0.2) is 0 Å². The number of methoxy groups -OCH3 is 1. The summed E-state index contributed by atoms with van der Waals surface area (Å²) >= 11 is 6.04. The molecule has 190 valence electrons. The third-order valence-electron chi connectivity index (χ3n) is 6.07. The van der Waals surface area contributed by atoms with E-state index in [0.29, 0.717) is 30.5 Å². The van der Waals surface area contributed by atoms with Crippen LogP contribution in [0.4, 0.5) is 0 Å². The maximum Gasteiger partial charge on any atom is 0.243 e. The van der Waals surface area contributed by atoms with Crippen LogP contribution in [0.15, 0.2) is 78.9 Å². The summed E-state index contributed by atoms with van der Waals surface area (Å²) in [5.74, 6) is 0.954. The fraction of sp³-hybridized carbons (Fsp3) is 0.333. The Morgan fingerprint density at radius 2 is 1.53 bits per heavy atom. The van der Waals surface area contributed by atoms with Gasteiger partial charge in [-0.2, -0.15) is 0 Å². The van der Waals surface area contributed by atoms with Crippen LogP contribution in [-0.2, 0) is 29.0 Å². The summed E-state index contributed by atoms with van der Waals surface area (Å²) in [5, 5.41) is 3.69. The maximum atomic E-state index is 13.7. The zero-order valence-corrected chi connectivity index (χ0v) is 22.0. The molecule has 0 aliphatic heterocycles. The highest BCUT2D eigenvalue weighted by Gasteiger charge is 2.30. The second-order valence-corrected chi connectivity index (χ2v) is 9.79. The summed E-state index contributed by atoms with van der Waals surface area (Å²) < 4.78 is 5.28. The van der Waals surface area contributed by atoms with E-state index in [2.05, 4.69) is 19.2 Å². The van der Waals surface area contributed by atoms with Crippen LogP contribution in [0.3, 0.4) is 0 Å². The predicted molar refractivity (Wildman–Crippen MR) is 145 cm³/mol. The Balaban J connectivity index is 1.92. The van der Waals surface area contributed by atoms with Crippen molar-refractivity contribution in [2.45, 2.75) is 45.7 Å². The van der Waals surface area contributed by atoms with Gasteiger partial charge in [-0.1, -0.05) is 80.0 Å². The van der Waals surface area contributed by atoms with Gasteiger partial charge in [-0.3, -0.25) is 9.59 Å². The lowest BCUT2D eigenvalue weighted by Crippen LogP contribution is -2.51. The first-order chi connectivity index (χ1) is 17.4. The molecule has 3 aromatic carbocycles. The zero-order chi connectivity index (χ0) is 25.9. The van der Waals surface area contributed by atoms with Crippen LogP contribution in [0.1, 0.15) is 37.0 Å². The van der Waals surface area contributed by atoms with Gasteiger partial charge in [-0.15, -0.1) is 0 Å². The summed E-state index contributed by atoms with van der Waals surface area (Å²) in [7, 11) is 1.62. The monoisotopic (exact) mass is 506 g/mol. The summed E-state index contributed by atoms with van der Waals surface area (Å²) in [6.07, 6.45) is 1.48. The lowest BCUT2D eigenvalue weighted by molar-refractivity contribution is -0.140. The minimum atomic E-state index is -0.651. The Hall–Kier alpha value is -3.31. The number of carbonyl (C=O) groups excluding carboxylic acids is 2. The molecule has 0 radical (unpaired) electrons. The Kier molecular flexibility index (Phi) is 10.4. The number of nitrogens with zero attached hydrogens (tertiary/aromatic N) is 1. The van der Waals surface area contributed by atoms with Crippen molar-refractivity contribution in [1.29, 1.82) is 0 Å². The molecule has 3 aromatic rings. The Morgan fingerprint density at radius 3 is 2.14 bits per heavy atom. The van der Waals surface area contributed by atoms with E-state index in [1.807, 2.05) is 66.7 Å². The molecular weight excluding hydrogens is 472 g/mol. The molecule has 0 spiro atoms. The van der Waals surface area contributed by atoms with Gasteiger partial charge in [0.05, 0.1) is 13.5 Å². The van der Waals surface area contributed by atoms with Crippen LogP contribution in [0.5, 0.6) is 5.75 Å². The highest BCUT2D eigenvalue weighted by Crippen LogP contribution is 2.19. The van der Waals surface area contributed by atoms with Gasteiger partial charge in [0.1, 0.15) is 11.8 Å². The molecule has 0 saturated carbocycles. The number of halogens is 1. The van der Waals surface area contributed by atoms with Crippen LogP contribution < -0.4 is 10.1 Å². The van der Waals surface area contributed by atoms with E-state index in [4.69, 9.17) is 16.3 Å². The SMILES string of the molecule is COc1ccc(CN(C(=O)Cc2ccc(Cl)cc2)C(Cc2ccccc2)C(=O)NCCC(C)C)cc1. The van der Waals surface area contributed by atoms with Crippen LogP contribution in [-0.4, -0.2) is 36.4 Å². The van der Waals surface area contributed by atoms with E-state index in [9.17, 15) is 9.59 Å². The number of ether oxygens (including phenoxy) is 1. The van der Waals surface area contributed by atoms with E-state index in [-0.39, 0.29) is 18.2 Å². The van der Waals surface area contributed by atoms with E-state index < -0.39 is 6.04 Å². The van der Waals surface area contributed by atoms with E-state index in [1.165, 1.54) is 0 Å². The molecule has 0 heterocycles. The summed E-state index contributed by atoms with van der Waals surface area (Å²) in [5.41, 5.74) is 2.77. The molecule has 1 unspecified atom stereocenters. The van der Waals surface area contributed by atoms with Crippen molar-refractivity contribution in [1.82, 2.24) is 10.2 Å². The number of hydrogen-bond donors (Lipinski definition) is 1. The van der Waals surface area contributed by atoms with Gasteiger partial charge in [0, 0.05) is 24.5 Å². The molecule has 0 aromatic heterocycles. The molecular formula is C30H35ClN2O3. The molecule has 2 amide bonds. The van der Waals surface area contributed by atoms with Gasteiger partial charge >= 0.3 is 0 Å². The van der Waals surface area contributed by atoms with Crippen molar-refractivity contribution < 1.29 is 14.3 Å². The van der Waals surface area contributed by atoms with Crippen molar-refractivity contribution >= 4 is 23.4 Å². The van der Waals surface area contributed by atoms with Crippen molar-refractivity contribution in [2.24, 2.45) is 5.92 Å². The third-order valence-corrected chi connectivity index (χ3v) is 6.32. The van der Waals surface area contributed by atoms with Crippen molar-refractivity contribution in [3.63, 3.8) is 0 Å². The molecule has 1 atom stereocenters. The van der Waals surface area contributed by atoms with Gasteiger partial charge in [-0.05, 0) is 53.3 Å². The first kappa shape index (κ1) is 27.3. The van der Waals surface area contributed by atoms with E-state index in [0.717, 1.165) is 28.9 Å². The largest absolute Gasteiger partial charge is 0.497 e. The summed E-state index contributed by atoms with van der Waals surface area (Å²) in [4.78, 5) is 29.0. The summed E-state index contributed by atoms with van der Waals surface area (Å²) in [6.45, 7) is 5.13. The quantitative estimate of drug-likeness (QED) is 0.343. The Morgan fingerprint density at radius 1 is 0.889 bits per heavy atom. The van der Waals surface area contributed by atoms with Gasteiger partial charge < -0.3 is 15.0 Å². The first-order valence-corrected chi connectivity index (χ1v) is 12.7. The van der Waals surface area contributed by atoms with Crippen molar-refractivity contribution in [3.8, 4) is 5.75 Å². The Bertz CT molecular complexity index is 1100. The number of amides is 2. The molecule has 0 bridgehead atoms. The fourth-order valence-electron chi connectivity index (χ4n) is 3.96. The second-order valence-electron chi connectivity index (χ2n) is 9.35. The van der Waals surface area contributed by atoms with Crippen LogP contribution >= 0.6 is 11.6 Å². The minimum Gasteiger partial charge on any atom is -0.497 e. The van der Waals surface area contributed by atoms with Crippen LogP contribution in [0.25, 0.3) is 0 Å². The van der Waals surface area contributed by atoms with Crippen LogP contribution in [0.2, 0.25) is 5.02 Å². The predicted octanol–water partition coefficient (Wildman–Crippen LogP) is 5.69. The van der Waals surface area contributed by atoms with Crippen molar-refractivity contribution in [2.75, 3.05) is 13.7 Å². The number of carbonyl (C=O) groups is 2. The number of nitrogens with one attached hydrogen (secondary N) is 1. The average Bonchev–Trinajstić information content (AvgIpc) is 2.88. The normalized spacial score (nSPS) is 11.7. The molecule has 6 heteroatoms. The highest BCUT2D eigenvalue weighted by atomic mass is 35.5. The van der Waals surface area contributed by atoms with Gasteiger partial charge in [0.2, 0.25) is 11.8 Å². The lowest BCUT2D eigenvalue weighted by atomic mass is 10.0. The van der Waals surface area contributed by atoms with E-state index in [1.54, 1.807) is 24.1 Å². The molecule has 0 aliphatic carbocycles. The fourth-order valence-corrected chi connectivity index (χ4v) is 4.09. The van der Waals surface area contributed by atoms with Crippen molar-refractivity contribution in [3.05, 3.63) is 101 Å². The number of hydrogen-bond acceptors (Lipinski definition) is 3. The molecule has 0 fully saturated rings. The average molecular weight is 507 g/mol. The standard InChI is InChI=1S/C30H35ClN2O3/c1-22(2)17-18-32-30(35)28(19-23-7-5-4-6-8-23)33(21-25-11-15-27(36-3)16-12-25)29(34)20-24-9-13-26(31)14-10-24/h4-16,22,28H,17-21H2,1-3H3,(H,32,35). The minimum absolute atomic E-state index is 0.118. The Labute approximate surface area is 219 Å². The molecule has 0 aliphatic rings.